The maximum Gasteiger partial charge on any atom is 0.314 e. The molecule has 0 aliphatic heterocycles. The summed E-state index contributed by atoms with van der Waals surface area (Å²) >= 11 is 0. The van der Waals surface area contributed by atoms with Crippen molar-refractivity contribution >= 4 is 5.97 Å². The lowest BCUT2D eigenvalue weighted by Crippen LogP contribution is -2.43. The van der Waals surface area contributed by atoms with E-state index in [1.807, 2.05) is 51.1 Å². The monoisotopic (exact) mass is 250 g/mol. The summed E-state index contributed by atoms with van der Waals surface area (Å²) in [7, 11) is 0. The Bertz CT molecular complexity index is 375. The SMILES string of the molecule is CCOCC(C)C(CC)(C(=O)O)c1ccccc1. The molecule has 0 aromatic heterocycles. The van der Waals surface area contributed by atoms with Crippen molar-refractivity contribution < 1.29 is 14.6 Å². The van der Waals surface area contributed by atoms with E-state index < -0.39 is 11.4 Å². The average molecular weight is 250 g/mol. The van der Waals surface area contributed by atoms with Gasteiger partial charge in [0.15, 0.2) is 0 Å². The molecule has 3 heteroatoms. The molecule has 0 saturated carbocycles. The fourth-order valence-electron chi connectivity index (χ4n) is 2.50. The van der Waals surface area contributed by atoms with Crippen LogP contribution in [0.25, 0.3) is 0 Å². The molecule has 0 amide bonds. The summed E-state index contributed by atoms with van der Waals surface area (Å²) in [6, 6.07) is 9.45. The number of rotatable bonds is 7. The Labute approximate surface area is 109 Å². The zero-order valence-corrected chi connectivity index (χ0v) is 11.3. The minimum Gasteiger partial charge on any atom is -0.481 e. The van der Waals surface area contributed by atoms with Crippen molar-refractivity contribution in [2.24, 2.45) is 5.92 Å². The number of hydrogen-bond donors (Lipinski definition) is 1. The lowest BCUT2D eigenvalue weighted by molar-refractivity contribution is -0.147. The van der Waals surface area contributed by atoms with Gasteiger partial charge in [0.1, 0.15) is 0 Å². The highest BCUT2D eigenvalue weighted by Crippen LogP contribution is 2.36. The minimum absolute atomic E-state index is 0.0673. The number of aliphatic carboxylic acids is 1. The normalized spacial score (nSPS) is 15.9. The van der Waals surface area contributed by atoms with Crippen LogP contribution in [-0.4, -0.2) is 24.3 Å². The molecule has 0 aliphatic rings. The Morgan fingerprint density at radius 2 is 1.94 bits per heavy atom. The van der Waals surface area contributed by atoms with Crippen molar-refractivity contribution in [1.82, 2.24) is 0 Å². The van der Waals surface area contributed by atoms with Gasteiger partial charge in [-0.15, -0.1) is 0 Å². The highest BCUT2D eigenvalue weighted by atomic mass is 16.5. The van der Waals surface area contributed by atoms with Gasteiger partial charge in [0, 0.05) is 6.61 Å². The van der Waals surface area contributed by atoms with Crippen molar-refractivity contribution in [1.29, 1.82) is 0 Å². The number of hydrogen-bond acceptors (Lipinski definition) is 2. The molecule has 0 fully saturated rings. The van der Waals surface area contributed by atoms with Gasteiger partial charge in [-0.1, -0.05) is 44.2 Å². The van der Waals surface area contributed by atoms with E-state index in [4.69, 9.17) is 4.74 Å². The molecule has 0 aliphatic carbocycles. The topological polar surface area (TPSA) is 46.5 Å². The van der Waals surface area contributed by atoms with Crippen LogP contribution >= 0.6 is 0 Å². The maximum atomic E-state index is 11.8. The molecule has 0 saturated heterocycles. The summed E-state index contributed by atoms with van der Waals surface area (Å²) < 4.78 is 5.41. The predicted octanol–water partition coefficient (Wildman–Crippen LogP) is 3.09. The lowest BCUT2D eigenvalue weighted by atomic mass is 9.69. The van der Waals surface area contributed by atoms with Gasteiger partial charge in [0.25, 0.3) is 0 Å². The van der Waals surface area contributed by atoms with Crippen molar-refractivity contribution in [3.63, 3.8) is 0 Å². The van der Waals surface area contributed by atoms with Crippen LogP contribution in [0, 0.1) is 5.92 Å². The Morgan fingerprint density at radius 3 is 2.39 bits per heavy atom. The van der Waals surface area contributed by atoms with E-state index in [0.29, 0.717) is 19.6 Å². The third-order valence-electron chi connectivity index (χ3n) is 3.64. The van der Waals surface area contributed by atoms with Gasteiger partial charge in [-0.3, -0.25) is 4.79 Å². The van der Waals surface area contributed by atoms with Crippen LogP contribution in [0.4, 0.5) is 0 Å². The van der Waals surface area contributed by atoms with Gasteiger partial charge in [0.2, 0.25) is 0 Å². The van der Waals surface area contributed by atoms with Crippen molar-refractivity contribution in [3.8, 4) is 0 Å². The second-order valence-electron chi connectivity index (χ2n) is 4.56. The largest absolute Gasteiger partial charge is 0.481 e. The van der Waals surface area contributed by atoms with E-state index in [1.54, 1.807) is 0 Å². The molecule has 0 heterocycles. The molecule has 0 bridgehead atoms. The van der Waals surface area contributed by atoms with Crippen LogP contribution in [-0.2, 0) is 14.9 Å². The first kappa shape index (κ1) is 14.7. The van der Waals surface area contributed by atoms with Gasteiger partial charge in [-0.25, -0.2) is 0 Å². The summed E-state index contributed by atoms with van der Waals surface area (Å²) in [5, 5.41) is 9.69. The fourth-order valence-corrected chi connectivity index (χ4v) is 2.50. The molecule has 0 radical (unpaired) electrons. The van der Waals surface area contributed by atoms with Gasteiger partial charge < -0.3 is 9.84 Å². The minimum atomic E-state index is -0.865. The zero-order chi connectivity index (χ0) is 13.6. The van der Waals surface area contributed by atoms with Crippen molar-refractivity contribution in [3.05, 3.63) is 35.9 Å². The fraction of sp³-hybridized carbons (Fsp3) is 0.533. The van der Waals surface area contributed by atoms with Gasteiger partial charge in [0.05, 0.1) is 12.0 Å². The number of carbonyl (C=O) groups is 1. The van der Waals surface area contributed by atoms with Gasteiger partial charge in [-0.05, 0) is 24.8 Å². The van der Waals surface area contributed by atoms with Crippen LogP contribution in [0.2, 0.25) is 0 Å². The number of carboxylic acid groups (broad SMARTS) is 1. The van der Waals surface area contributed by atoms with E-state index in [2.05, 4.69) is 0 Å². The van der Waals surface area contributed by atoms with Gasteiger partial charge >= 0.3 is 5.97 Å². The molecule has 2 unspecified atom stereocenters. The molecule has 1 N–H and O–H groups in total. The molecule has 1 aromatic rings. The average Bonchev–Trinajstić information content (AvgIpc) is 2.38. The number of benzene rings is 1. The smallest absolute Gasteiger partial charge is 0.314 e. The first-order valence-corrected chi connectivity index (χ1v) is 6.46. The van der Waals surface area contributed by atoms with E-state index >= 15 is 0 Å². The summed E-state index contributed by atoms with van der Waals surface area (Å²) in [5.41, 5.74) is -0.0108. The van der Waals surface area contributed by atoms with Gasteiger partial charge in [-0.2, -0.15) is 0 Å². The quantitative estimate of drug-likeness (QED) is 0.809. The number of ether oxygens (including phenoxy) is 1. The van der Waals surface area contributed by atoms with Crippen LogP contribution in [0.5, 0.6) is 0 Å². The lowest BCUT2D eigenvalue weighted by Gasteiger charge is -2.34. The zero-order valence-electron chi connectivity index (χ0n) is 11.3. The first-order valence-electron chi connectivity index (χ1n) is 6.46. The summed E-state index contributed by atoms with van der Waals surface area (Å²) in [6.45, 7) is 6.86. The van der Waals surface area contributed by atoms with Crippen LogP contribution in [0.15, 0.2) is 30.3 Å². The molecule has 100 valence electrons. The maximum absolute atomic E-state index is 11.8. The summed E-state index contributed by atoms with van der Waals surface area (Å²) in [5.74, 6) is -0.842. The molecule has 2 atom stereocenters. The summed E-state index contributed by atoms with van der Waals surface area (Å²) in [6.07, 6.45) is 0.556. The highest BCUT2D eigenvalue weighted by molar-refractivity contribution is 5.81. The Kier molecular flexibility index (Phi) is 5.35. The predicted molar refractivity (Wildman–Crippen MR) is 71.7 cm³/mol. The molecule has 3 nitrogen and oxygen atoms in total. The second-order valence-corrected chi connectivity index (χ2v) is 4.56. The van der Waals surface area contributed by atoms with E-state index in [1.165, 1.54) is 0 Å². The summed E-state index contributed by atoms with van der Waals surface area (Å²) in [4.78, 5) is 11.8. The Balaban J connectivity index is 3.13. The molecule has 18 heavy (non-hydrogen) atoms. The Hall–Kier alpha value is -1.35. The molecule has 1 aromatic carbocycles. The second kappa shape index (κ2) is 6.55. The van der Waals surface area contributed by atoms with E-state index in [9.17, 15) is 9.90 Å². The van der Waals surface area contributed by atoms with Crippen LogP contribution in [0.1, 0.15) is 32.8 Å². The van der Waals surface area contributed by atoms with Crippen LogP contribution < -0.4 is 0 Å². The van der Waals surface area contributed by atoms with Crippen molar-refractivity contribution in [2.75, 3.05) is 13.2 Å². The van der Waals surface area contributed by atoms with Crippen LogP contribution in [0.3, 0.4) is 0 Å². The Morgan fingerprint density at radius 1 is 1.33 bits per heavy atom. The standard InChI is InChI=1S/C15H22O3/c1-4-15(14(16)17,12(3)11-18-5-2)13-9-7-6-8-10-13/h6-10,12H,4-5,11H2,1-3H3,(H,16,17). The molecular formula is C15H22O3. The van der Waals surface area contributed by atoms with E-state index in [-0.39, 0.29) is 5.92 Å². The number of carboxylic acids is 1. The molecular weight excluding hydrogens is 228 g/mol. The third-order valence-corrected chi connectivity index (χ3v) is 3.64. The highest BCUT2D eigenvalue weighted by Gasteiger charge is 2.43. The molecule has 1 rings (SSSR count). The third kappa shape index (κ3) is 2.72. The van der Waals surface area contributed by atoms with Crippen molar-refractivity contribution in [2.45, 2.75) is 32.6 Å². The van der Waals surface area contributed by atoms with E-state index in [0.717, 1.165) is 5.56 Å². The first-order chi connectivity index (χ1) is 8.59. The molecule has 0 spiro atoms.